The van der Waals surface area contributed by atoms with Crippen molar-refractivity contribution >= 4 is 48.8 Å². The van der Waals surface area contributed by atoms with E-state index in [0.717, 1.165) is 48.2 Å². The quantitative estimate of drug-likeness (QED) is 0.334. The SMILES string of the molecule is Cc1nc2ccc(-c3ccc4c(c3)CN(C(=O)c3ccc(Br)cc3Br)CCO4)cc2[nH]1. The monoisotopic (exact) mass is 539 g/mol. The predicted octanol–water partition coefficient (Wildman–Crippen LogP) is 6.10. The number of hydrogen-bond acceptors (Lipinski definition) is 3. The van der Waals surface area contributed by atoms with Crippen LogP contribution in [0.3, 0.4) is 0 Å². The number of ether oxygens (including phenoxy) is 1. The Labute approximate surface area is 196 Å². The first-order chi connectivity index (χ1) is 15.0. The molecule has 0 aliphatic carbocycles. The first kappa shape index (κ1) is 20.3. The smallest absolute Gasteiger partial charge is 0.255 e. The van der Waals surface area contributed by atoms with Crippen LogP contribution in [0.2, 0.25) is 0 Å². The fourth-order valence-corrected chi connectivity index (χ4v) is 5.11. The van der Waals surface area contributed by atoms with Crippen LogP contribution in [0, 0.1) is 6.92 Å². The number of nitrogens with zero attached hydrogens (tertiary/aromatic N) is 2. The molecule has 1 aromatic heterocycles. The maximum Gasteiger partial charge on any atom is 0.255 e. The number of aromatic amines is 1. The van der Waals surface area contributed by atoms with Crippen molar-refractivity contribution in [3.8, 4) is 16.9 Å². The summed E-state index contributed by atoms with van der Waals surface area (Å²) >= 11 is 6.95. The van der Waals surface area contributed by atoms with Crippen LogP contribution in [0.1, 0.15) is 21.7 Å². The van der Waals surface area contributed by atoms with Gasteiger partial charge in [-0.05, 0) is 76.4 Å². The second-order valence-electron chi connectivity index (χ2n) is 7.58. The molecular formula is C24H19Br2N3O2. The Morgan fingerprint density at radius 3 is 2.71 bits per heavy atom. The van der Waals surface area contributed by atoms with E-state index in [1.165, 1.54) is 0 Å². The van der Waals surface area contributed by atoms with Gasteiger partial charge in [-0.25, -0.2) is 4.98 Å². The van der Waals surface area contributed by atoms with Crippen molar-refractivity contribution in [2.75, 3.05) is 13.2 Å². The molecule has 0 saturated heterocycles. The summed E-state index contributed by atoms with van der Waals surface area (Å²) in [5, 5.41) is 0. The van der Waals surface area contributed by atoms with Crippen LogP contribution in [0.5, 0.6) is 5.75 Å². The van der Waals surface area contributed by atoms with Crippen molar-refractivity contribution in [2.45, 2.75) is 13.5 Å². The van der Waals surface area contributed by atoms with Gasteiger partial charge in [0.2, 0.25) is 0 Å². The first-order valence-electron chi connectivity index (χ1n) is 9.95. The van der Waals surface area contributed by atoms with Gasteiger partial charge in [0, 0.05) is 21.1 Å². The second-order valence-corrected chi connectivity index (χ2v) is 9.35. The summed E-state index contributed by atoms with van der Waals surface area (Å²) in [6, 6.07) is 18.0. The third-order valence-electron chi connectivity index (χ3n) is 5.42. The number of aryl methyl sites for hydroxylation is 1. The number of carbonyl (C=O) groups is 1. The fourth-order valence-electron chi connectivity index (χ4n) is 3.90. The van der Waals surface area contributed by atoms with Crippen LogP contribution >= 0.6 is 31.9 Å². The molecular weight excluding hydrogens is 522 g/mol. The molecule has 1 N–H and O–H groups in total. The molecule has 1 amide bonds. The molecule has 1 aliphatic rings. The number of halogens is 2. The predicted molar refractivity (Wildman–Crippen MR) is 128 cm³/mol. The van der Waals surface area contributed by atoms with E-state index in [4.69, 9.17) is 4.74 Å². The number of fused-ring (bicyclic) bond motifs is 2. The highest BCUT2D eigenvalue weighted by Gasteiger charge is 2.23. The molecule has 1 aliphatic heterocycles. The zero-order valence-corrected chi connectivity index (χ0v) is 20.0. The molecule has 5 rings (SSSR count). The number of benzene rings is 3. The van der Waals surface area contributed by atoms with Crippen molar-refractivity contribution in [3.05, 3.63) is 80.5 Å². The van der Waals surface area contributed by atoms with Gasteiger partial charge in [-0.3, -0.25) is 4.79 Å². The van der Waals surface area contributed by atoms with Crippen molar-refractivity contribution in [1.82, 2.24) is 14.9 Å². The lowest BCUT2D eigenvalue weighted by Crippen LogP contribution is -2.32. The molecule has 0 fully saturated rings. The summed E-state index contributed by atoms with van der Waals surface area (Å²) in [5.41, 5.74) is 5.78. The fraction of sp³-hybridized carbons (Fsp3) is 0.167. The van der Waals surface area contributed by atoms with E-state index in [1.54, 1.807) is 0 Å². The summed E-state index contributed by atoms with van der Waals surface area (Å²) in [6.45, 7) is 3.45. The minimum absolute atomic E-state index is 0.0180. The maximum atomic E-state index is 13.2. The minimum atomic E-state index is -0.0180. The highest BCUT2D eigenvalue weighted by Crippen LogP contribution is 2.32. The van der Waals surface area contributed by atoms with E-state index in [2.05, 4.69) is 66.1 Å². The van der Waals surface area contributed by atoms with Crippen LogP contribution in [0.15, 0.2) is 63.5 Å². The average molecular weight is 541 g/mol. The van der Waals surface area contributed by atoms with E-state index in [-0.39, 0.29) is 5.91 Å². The second kappa shape index (κ2) is 8.13. The molecule has 0 unspecified atom stereocenters. The van der Waals surface area contributed by atoms with E-state index in [9.17, 15) is 4.79 Å². The van der Waals surface area contributed by atoms with Crippen molar-refractivity contribution in [2.24, 2.45) is 0 Å². The highest BCUT2D eigenvalue weighted by atomic mass is 79.9. The van der Waals surface area contributed by atoms with Crippen LogP contribution in [0.4, 0.5) is 0 Å². The summed E-state index contributed by atoms with van der Waals surface area (Å²) in [4.78, 5) is 22.8. The maximum absolute atomic E-state index is 13.2. The number of imidazole rings is 1. The largest absolute Gasteiger partial charge is 0.491 e. The lowest BCUT2D eigenvalue weighted by Gasteiger charge is -2.21. The summed E-state index contributed by atoms with van der Waals surface area (Å²) in [5.74, 6) is 1.71. The molecule has 5 nitrogen and oxygen atoms in total. The molecule has 2 heterocycles. The van der Waals surface area contributed by atoms with E-state index < -0.39 is 0 Å². The minimum Gasteiger partial charge on any atom is -0.491 e. The number of carbonyl (C=O) groups excluding carboxylic acids is 1. The van der Waals surface area contributed by atoms with Gasteiger partial charge >= 0.3 is 0 Å². The Morgan fingerprint density at radius 2 is 1.87 bits per heavy atom. The van der Waals surface area contributed by atoms with E-state index in [0.29, 0.717) is 25.3 Å². The summed E-state index contributed by atoms with van der Waals surface area (Å²) < 4.78 is 7.65. The lowest BCUT2D eigenvalue weighted by atomic mass is 10.0. The third kappa shape index (κ3) is 4.00. The van der Waals surface area contributed by atoms with Crippen molar-refractivity contribution in [1.29, 1.82) is 0 Å². The van der Waals surface area contributed by atoms with Gasteiger partial charge in [0.1, 0.15) is 18.2 Å². The topological polar surface area (TPSA) is 58.2 Å². The van der Waals surface area contributed by atoms with E-state index >= 15 is 0 Å². The normalized spacial score (nSPS) is 13.6. The number of amides is 1. The van der Waals surface area contributed by atoms with Gasteiger partial charge in [-0.15, -0.1) is 0 Å². The van der Waals surface area contributed by atoms with Gasteiger partial charge in [0.15, 0.2) is 0 Å². The summed E-state index contributed by atoms with van der Waals surface area (Å²) in [7, 11) is 0. The molecule has 0 saturated carbocycles. The van der Waals surface area contributed by atoms with Crippen LogP contribution in [0.25, 0.3) is 22.2 Å². The van der Waals surface area contributed by atoms with Crippen molar-refractivity contribution < 1.29 is 9.53 Å². The number of aromatic nitrogens is 2. The van der Waals surface area contributed by atoms with Crippen molar-refractivity contribution in [3.63, 3.8) is 0 Å². The number of hydrogen-bond donors (Lipinski definition) is 1. The lowest BCUT2D eigenvalue weighted by molar-refractivity contribution is 0.0732. The standard InChI is InChI=1S/C24H19Br2N3O2/c1-14-27-21-6-2-16(11-22(21)28-14)15-3-7-23-17(10-15)13-29(8-9-31-23)24(30)19-5-4-18(25)12-20(19)26/h2-7,10-12H,8-9,13H2,1H3,(H,27,28). The summed E-state index contributed by atoms with van der Waals surface area (Å²) in [6.07, 6.45) is 0. The molecule has 156 valence electrons. The molecule has 0 bridgehead atoms. The third-order valence-corrected chi connectivity index (χ3v) is 6.57. The number of H-pyrrole nitrogens is 1. The van der Waals surface area contributed by atoms with Crippen LogP contribution in [-0.4, -0.2) is 33.9 Å². The highest BCUT2D eigenvalue weighted by molar-refractivity contribution is 9.11. The van der Waals surface area contributed by atoms with Gasteiger partial charge in [-0.1, -0.05) is 28.1 Å². The Bertz CT molecular complexity index is 1320. The molecule has 31 heavy (non-hydrogen) atoms. The molecule has 0 radical (unpaired) electrons. The molecule has 0 spiro atoms. The number of nitrogens with one attached hydrogen (secondary N) is 1. The molecule has 4 aromatic rings. The molecule has 7 heteroatoms. The number of rotatable bonds is 2. The van der Waals surface area contributed by atoms with Crippen LogP contribution < -0.4 is 4.74 Å². The zero-order valence-electron chi connectivity index (χ0n) is 16.8. The van der Waals surface area contributed by atoms with Gasteiger partial charge in [-0.2, -0.15) is 0 Å². The Hall–Kier alpha value is -2.64. The van der Waals surface area contributed by atoms with Gasteiger partial charge in [0.25, 0.3) is 5.91 Å². The zero-order chi connectivity index (χ0) is 21.5. The van der Waals surface area contributed by atoms with Crippen LogP contribution in [-0.2, 0) is 6.54 Å². The average Bonchev–Trinajstić information content (AvgIpc) is 2.98. The first-order valence-corrected chi connectivity index (χ1v) is 11.5. The van der Waals surface area contributed by atoms with Gasteiger partial charge in [0.05, 0.1) is 23.1 Å². The molecule has 3 aromatic carbocycles. The van der Waals surface area contributed by atoms with Gasteiger partial charge < -0.3 is 14.6 Å². The molecule has 0 atom stereocenters. The Kier molecular flexibility index (Phi) is 5.32. The van der Waals surface area contributed by atoms with E-state index in [1.807, 2.05) is 42.2 Å². The Balaban J connectivity index is 1.47. The Morgan fingerprint density at radius 1 is 1.06 bits per heavy atom.